The number of hydrogen-bond donors (Lipinski definition) is 8. The van der Waals surface area contributed by atoms with Gasteiger partial charge in [0.1, 0.15) is 23.7 Å². The summed E-state index contributed by atoms with van der Waals surface area (Å²) in [6, 6.07) is 0. The van der Waals surface area contributed by atoms with Crippen LogP contribution in [0.25, 0.3) is 0 Å². The first kappa shape index (κ1) is 61.3. The Kier molecular flexibility index (Phi) is 15.5. The summed E-state index contributed by atoms with van der Waals surface area (Å²) < 4.78 is 12.4. The molecule has 0 aromatic heterocycles. The lowest BCUT2D eigenvalue weighted by Gasteiger charge is -2.72. The zero-order valence-electron chi connectivity index (χ0n) is 49.3. The van der Waals surface area contributed by atoms with Gasteiger partial charge in [0.15, 0.2) is 0 Å². The number of rotatable bonds is 4. The highest BCUT2D eigenvalue weighted by atomic mass is 16.5. The number of methoxy groups -OCH3 is 2. The molecular formula is C62H104O14. The van der Waals surface area contributed by atoms with Crippen LogP contribution in [0.15, 0.2) is 22.7 Å². The van der Waals surface area contributed by atoms with E-state index in [0.717, 1.165) is 75.4 Å². The molecule has 8 saturated carbocycles. The maximum absolute atomic E-state index is 12.6. The summed E-state index contributed by atoms with van der Waals surface area (Å²) in [5, 5.41) is 89.8. The van der Waals surface area contributed by atoms with Gasteiger partial charge in [0.25, 0.3) is 0 Å². The second kappa shape index (κ2) is 19.2. The van der Waals surface area contributed by atoms with Crippen LogP contribution in [-0.2, 0) is 19.1 Å². The van der Waals surface area contributed by atoms with E-state index in [9.17, 15) is 50.4 Å². The molecule has 14 nitrogen and oxygen atoms in total. The molecular weight excluding hydrogens is 969 g/mol. The van der Waals surface area contributed by atoms with Gasteiger partial charge in [-0.3, -0.25) is 9.59 Å². The van der Waals surface area contributed by atoms with Crippen molar-refractivity contribution >= 4 is 11.9 Å². The molecule has 14 heteroatoms. The topological polar surface area (TPSA) is 277 Å². The van der Waals surface area contributed by atoms with E-state index in [1.54, 1.807) is 28.1 Å². The quantitative estimate of drug-likeness (QED) is 0.131. The molecule has 26 atom stereocenters. The fourth-order valence-electron chi connectivity index (χ4n) is 22.5. The number of hydrogen-bond acceptors (Lipinski definition) is 10. The average Bonchev–Trinajstić information content (AvgIpc) is 3.33. The summed E-state index contributed by atoms with van der Waals surface area (Å²) >= 11 is 0. The highest BCUT2D eigenvalue weighted by Crippen LogP contribution is 2.79. The molecule has 12 N–H and O–H groups in total. The van der Waals surface area contributed by atoms with Gasteiger partial charge in [0.05, 0.1) is 35.2 Å². The second-order valence-electron chi connectivity index (χ2n) is 30.0. The van der Waals surface area contributed by atoms with Gasteiger partial charge in [0, 0.05) is 36.9 Å². The Morgan fingerprint density at radius 3 is 1.07 bits per heavy atom. The first-order valence-electron chi connectivity index (χ1n) is 29.2. The molecule has 0 aliphatic heterocycles. The molecule has 10 aliphatic carbocycles. The molecule has 10 rings (SSSR count). The number of fused-ring (bicyclic) bond motifs is 14. The number of carboxylic acid groups (broad SMARTS) is 2. The van der Waals surface area contributed by atoms with E-state index in [4.69, 9.17) is 9.47 Å². The molecule has 0 amide bonds. The van der Waals surface area contributed by atoms with Crippen LogP contribution in [0.3, 0.4) is 0 Å². The molecule has 10 aliphatic rings. The van der Waals surface area contributed by atoms with Crippen molar-refractivity contribution in [3.8, 4) is 0 Å². The van der Waals surface area contributed by atoms with Crippen LogP contribution in [0, 0.1) is 113 Å². The zero-order valence-corrected chi connectivity index (χ0v) is 49.3. The highest BCUT2D eigenvalue weighted by Gasteiger charge is 2.76. The van der Waals surface area contributed by atoms with Gasteiger partial charge in [-0.2, -0.15) is 0 Å². The first-order chi connectivity index (χ1) is 34.1. The summed E-state index contributed by atoms with van der Waals surface area (Å²) in [6.45, 7) is 30.8. The molecule has 8 fully saturated rings. The Balaban J connectivity index is 0.000000216. The van der Waals surface area contributed by atoms with E-state index in [0.29, 0.717) is 60.9 Å². The number of aliphatic hydroxyl groups excluding tert-OH is 6. The van der Waals surface area contributed by atoms with Crippen molar-refractivity contribution < 1.29 is 70.9 Å². The maximum atomic E-state index is 12.6. The van der Waals surface area contributed by atoms with Crippen LogP contribution in [0.1, 0.15) is 187 Å². The SMILES string of the molecule is CO[C@@H]1C(O)=C2[C@@H]3[C@@H](C)[C@H](C)C[C@H](O)[C@]3(C)CC[C@@]2(C)[C@]2(C)CC[C@@H]3[C@](C)(CC[C@H](O)[C@@]3(C)C(=O)O)[C@@H]12.CO[C@@H]1C(O)=C2[C@@H]3[C@@H](C)[C@H](C)C[C@H](O)[C@]3(C)CC[C@@]2(C)[C@]2(C)CC[C@@H]3[C@](C)(CC[C@H](O)[C@@]3(C)C(=O)O)[C@@H]12.O.O. The summed E-state index contributed by atoms with van der Waals surface area (Å²) in [6.07, 6.45) is 7.01. The minimum absolute atomic E-state index is 0. The van der Waals surface area contributed by atoms with Crippen molar-refractivity contribution in [1.82, 2.24) is 0 Å². The van der Waals surface area contributed by atoms with E-state index in [1.165, 1.54) is 0 Å². The van der Waals surface area contributed by atoms with Crippen LogP contribution in [0.2, 0.25) is 0 Å². The lowest BCUT2D eigenvalue weighted by atomic mass is 9.32. The third-order valence-corrected chi connectivity index (χ3v) is 27.8. The smallest absolute Gasteiger partial charge is 0.312 e. The van der Waals surface area contributed by atoms with Crippen LogP contribution in [0.4, 0.5) is 0 Å². The van der Waals surface area contributed by atoms with Crippen LogP contribution >= 0.6 is 0 Å². The van der Waals surface area contributed by atoms with Crippen molar-refractivity contribution in [1.29, 1.82) is 0 Å². The van der Waals surface area contributed by atoms with Crippen LogP contribution in [0.5, 0.6) is 0 Å². The number of allylic oxidation sites excluding steroid dienone is 2. The van der Waals surface area contributed by atoms with Gasteiger partial charge in [0.2, 0.25) is 0 Å². The minimum atomic E-state index is -1.23. The predicted molar refractivity (Wildman–Crippen MR) is 291 cm³/mol. The Hall–Kier alpha value is -2.30. The molecule has 0 heterocycles. The minimum Gasteiger partial charge on any atom is -0.510 e. The summed E-state index contributed by atoms with van der Waals surface area (Å²) in [4.78, 5) is 25.3. The molecule has 0 aromatic carbocycles. The van der Waals surface area contributed by atoms with Crippen LogP contribution in [-0.4, -0.2) is 115 Å². The van der Waals surface area contributed by atoms with E-state index in [2.05, 4.69) is 83.1 Å². The molecule has 0 saturated heterocycles. The van der Waals surface area contributed by atoms with Crippen molar-refractivity contribution in [2.75, 3.05) is 14.2 Å². The van der Waals surface area contributed by atoms with Gasteiger partial charge in [-0.05, 0) is 195 Å². The lowest BCUT2D eigenvalue weighted by Crippen LogP contribution is -2.70. The fourth-order valence-corrected chi connectivity index (χ4v) is 22.5. The Morgan fingerprint density at radius 1 is 0.461 bits per heavy atom. The van der Waals surface area contributed by atoms with Crippen molar-refractivity contribution in [2.45, 2.75) is 223 Å². The van der Waals surface area contributed by atoms with Crippen molar-refractivity contribution in [3.05, 3.63) is 22.7 Å². The summed E-state index contributed by atoms with van der Waals surface area (Å²) in [5.74, 6) is -0.244. The van der Waals surface area contributed by atoms with Crippen molar-refractivity contribution in [2.24, 2.45) is 113 Å². The van der Waals surface area contributed by atoms with Crippen molar-refractivity contribution in [3.63, 3.8) is 0 Å². The normalized spacial score (nSPS) is 56.1. The van der Waals surface area contributed by atoms with E-state index >= 15 is 0 Å². The largest absolute Gasteiger partial charge is 0.510 e. The molecule has 76 heavy (non-hydrogen) atoms. The average molecular weight is 1070 g/mol. The Bertz CT molecular complexity index is 2180. The third-order valence-electron chi connectivity index (χ3n) is 27.8. The van der Waals surface area contributed by atoms with Gasteiger partial charge in [-0.1, -0.05) is 83.1 Å². The standard InChI is InChI=1S/2C31H50O6.2H2O/c2*1-16-15-20(33)28(4)13-14-29(5)22(21(28)17(16)2)23(34)24(37-8)25-27(3)11-10-19(32)31(7,26(35)36)18(27)9-12-30(25,29)6;;/h2*16-21,24-25,32-34H,9-15H2,1-8H3,(H,35,36);2*1H2/t2*16-,17+,18-,19+,20+,21+,24-,25-,27+,28+,29-,30-,31+;;/m11../s1. The van der Waals surface area contributed by atoms with Gasteiger partial charge in [-0.25, -0.2) is 0 Å². The lowest BCUT2D eigenvalue weighted by molar-refractivity contribution is -0.245. The highest BCUT2D eigenvalue weighted by molar-refractivity contribution is 5.76. The second-order valence-corrected chi connectivity index (χ2v) is 30.0. The fraction of sp³-hybridized carbons (Fsp3) is 0.903. The number of aliphatic carboxylic acids is 2. The van der Waals surface area contributed by atoms with Gasteiger partial charge < -0.3 is 61.3 Å². The Morgan fingerprint density at radius 2 is 0.776 bits per heavy atom. The summed E-state index contributed by atoms with van der Waals surface area (Å²) in [7, 11) is 3.35. The molecule has 0 unspecified atom stereocenters. The number of ether oxygens (including phenoxy) is 2. The Labute approximate surface area is 454 Å². The molecule has 0 aromatic rings. The summed E-state index contributed by atoms with van der Waals surface area (Å²) in [5.41, 5.74) is -2.63. The van der Waals surface area contributed by atoms with E-state index in [1.807, 2.05) is 0 Å². The van der Waals surface area contributed by atoms with Gasteiger partial charge >= 0.3 is 11.9 Å². The first-order valence-corrected chi connectivity index (χ1v) is 29.2. The predicted octanol–water partition coefficient (Wildman–Crippen LogP) is 9.49. The monoisotopic (exact) mass is 1070 g/mol. The zero-order chi connectivity index (χ0) is 55.0. The number of carboxylic acids is 2. The van der Waals surface area contributed by atoms with Crippen LogP contribution < -0.4 is 0 Å². The van der Waals surface area contributed by atoms with Gasteiger partial charge in [-0.15, -0.1) is 0 Å². The van der Waals surface area contributed by atoms with E-state index < -0.39 is 70.2 Å². The number of carbonyl (C=O) groups is 2. The number of aliphatic hydroxyl groups is 6. The van der Waals surface area contributed by atoms with E-state index in [-0.39, 0.29) is 78.9 Å². The molecule has 436 valence electrons. The third kappa shape index (κ3) is 7.29. The maximum Gasteiger partial charge on any atom is 0.312 e. The molecule has 0 radical (unpaired) electrons. The molecule has 0 bridgehead atoms. The molecule has 0 spiro atoms.